The molecular weight excluding hydrogens is 160 g/mol. The van der Waals surface area contributed by atoms with Crippen LogP contribution < -0.4 is 0 Å². The van der Waals surface area contributed by atoms with Crippen molar-refractivity contribution in [2.75, 3.05) is 7.05 Å². The molecule has 2 heteroatoms. The first kappa shape index (κ1) is 8.05. The minimum Gasteiger partial charge on any atom is -0.350 e. The van der Waals surface area contributed by atoms with Gasteiger partial charge < -0.3 is 4.57 Å². The number of aromatic nitrogens is 1. The van der Waals surface area contributed by atoms with Crippen LogP contribution in [0.5, 0.6) is 0 Å². The Kier molecular flexibility index (Phi) is 1.89. The van der Waals surface area contributed by atoms with E-state index in [2.05, 4.69) is 47.1 Å². The summed E-state index contributed by atoms with van der Waals surface area (Å²) in [5, 5.41) is 1.26. The zero-order chi connectivity index (χ0) is 9.26. The van der Waals surface area contributed by atoms with Crippen LogP contribution in [0.2, 0.25) is 0 Å². The summed E-state index contributed by atoms with van der Waals surface area (Å²) in [6.45, 7) is 0. The molecule has 0 saturated carbocycles. The molecule has 0 saturated heterocycles. The molecule has 0 fully saturated rings. The second-order valence-corrected chi connectivity index (χ2v) is 3.10. The van der Waals surface area contributed by atoms with E-state index in [4.69, 9.17) is 0 Å². The lowest BCUT2D eigenvalue weighted by molar-refractivity contribution is 0.968. The van der Waals surface area contributed by atoms with Gasteiger partial charge >= 0.3 is 0 Å². The zero-order valence-corrected chi connectivity index (χ0v) is 7.86. The molecule has 0 radical (unpaired) electrons. The van der Waals surface area contributed by atoms with Gasteiger partial charge in [-0.15, -0.1) is 0 Å². The summed E-state index contributed by atoms with van der Waals surface area (Å²) in [5.74, 6) is 0. The van der Waals surface area contributed by atoms with Gasteiger partial charge in [0, 0.05) is 43.0 Å². The number of nitrogens with zero attached hydrogens (tertiary/aromatic N) is 2. The molecule has 1 aromatic carbocycles. The Balaban J connectivity index is 2.77. The highest BCUT2D eigenvalue weighted by atomic mass is 14.9. The van der Waals surface area contributed by atoms with Crippen molar-refractivity contribution >= 4 is 17.1 Å². The third-order valence-electron chi connectivity index (χ3n) is 2.20. The first-order valence-electron chi connectivity index (χ1n) is 4.29. The molecule has 0 aliphatic heterocycles. The number of hydrogen-bond donors (Lipinski definition) is 0. The highest BCUT2D eigenvalue weighted by Gasteiger charge is 2.01. The fraction of sp³-hybridized carbons (Fsp3) is 0.182. The van der Waals surface area contributed by atoms with E-state index in [9.17, 15) is 0 Å². The van der Waals surface area contributed by atoms with Crippen LogP contribution in [-0.2, 0) is 7.05 Å². The SMILES string of the molecule is CN=Cc1cn(C)c2ccccc12. The van der Waals surface area contributed by atoms with Crippen LogP contribution in [-0.4, -0.2) is 17.8 Å². The standard InChI is InChI=1S/C11H12N2/c1-12-7-9-8-13(2)11-6-4-3-5-10(9)11/h3-8H,1-2H3. The molecule has 1 heterocycles. The molecule has 2 nitrogen and oxygen atoms in total. The first-order chi connectivity index (χ1) is 6.33. The quantitative estimate of drug-likeness (QED) is 0.587. The molecule has 1 aromatic heterocycles. The number of aliphatic imine (C=N–C) groups is 1. The molecule has 0 amide bonds. The van der Waals surface area contributed by atoms with Crippen molar-refractivity contribution in [2.24, 2.45) is 12.0 Å². The molecule has 0 N–H and O–H groups in total. The van der Waals surface area contributed by atoms with E-state index in [1.165, 1.54) is 16.5 Å². The molecule has 13 heavy (non-hydrogen) atoms. The Morgan fingerprint density at radius 3 is 2.85 bits per heavy atom. The van der Waals surface area contributed by atoms with Gasteiger partial charge in [0.1, 0.15) is 0 Å². The maximum Gasteiger partial charge on any atom is 0.0484 e. The number of benzene rings is 1. The van der Waals surface area contributed by atoms with Crippen molar-refractivity contribution in [2.45, 2.75) is 0 Å². The fourth-order valence-corrected chi connectivity index (χ4v) is 1.61. The third-order valence-corrected chi connectivity index (χ3v) is 2.20. The Morgan fingerprint density at radius 1 is 1.31 bits per heavy atom. The molecule has 0 unspecified atom stereocenters. The number of fused-ring (bicyclic) bond motifs is 1. The summed E-state index contributed by atoms with van der Waals surface area (Å²) in [6, 6.07) is 8.33. The van der Waals surface area contributed by atoms with Gasteiger partial charge in [0.15, 0.2) is 0 Å². The predicted octanol–water partition coefficient (Wildman–Crippen LogP) is 2.23. The van der Waals surface area contributed by atoms with E-state index in [-0.39, 0.29) is 0 Å². The largest absolute Gasteiger partial charge is 0.350 e. The van der Waals surface area contributed by atoms with Crippen LogP contribution in [0, 0.1) is 0 Å². The van der Waals surface area contributed by atoms with Crippen LogP contribution >= 0.6 is 0 Å². The van der Waals surface area contributed by atoms with Gasteiger partial charge in [-0.25, -0.2) is 0 Å². The van der Waals surface area contributed by atoms with Gasteiger partial charge in [-0.3, -0.25) is 4.99 Å². The lowest BCUT2D eigenvalue weighted by Crippen LogP contribution is -1.81. The van der Waals surface area contributed by atoms with Crippen molar-refractivity contribution in [3.63, 3.8) is 0 Å². The van der Waals surface area contributed by atoms with Gasteiger partial charge in [0.25, 0.3) is 0 Å². The second kappa shape index (κ2) is 3.05. The van der Waals surface area contributed by atoms with Crippen molar-refractivity contribution in [1.82, 2.24) is 4.57 Å². The van der Waals surface area contributed by atoms with Gasteiger partial charge in [-0.2, -0.15) is 0 Å². The highest BCUT2D eigenvalue weighted by Crippen LogP contribution is 2.18. The molecule has 66 valence electrons. The van der Waals surface area contributed by atoms with Crippen LogP contribution in [0.4, 0.5) is 0 Å². The molecule has 0 aliphatic carbocycles. The van der Waals surface area contributed by atoms with Crippen molar-refractivity contribution in [3.8, 4) is 0 Å². The molecule has 0 spiro atoms. The molecule has 0 bridgehead atoms. The van der Waals surface area contributed by atoms with Crippen LogP contribution in [0.3, 0.4) is 0 Å². The number of hydrogen-bond acceptors (Lipinski definition) is 1. The summed E-state index contributed by atoms with van der Waals surface area (Å²) in [7, 11) is 3.84. The van der Waals surface area contributed by atoms with E-state index in [1.54, 1.807) is 7.05 Å². The van der Waals surface area contributed by atoms with Crippen LogP contribution in [0.25, 0.3) is 10.9 Å². The molecule has 2 rings (SSSR count). The fourth-order valence-electron chi connectivity index (χ4n) is 1.61. The van der Waals surface area contributed by atoms with Crippen molar-refractivity contribution < 1.29 is 0 Å². The molecule has 0 atom stereocenters. The second-order valence-electron chi connectivity index (χ2n) is 3.10. The average Bonchev–Trinajstić information content (AvgIpc) is 2.46. The number of para-hydroxylation sites is 1. The van der Waals surface area contributed by atoms with Crippen LogP contribution in [0.1, 0.15) is 5.56 Å². The molecule has 2 aromatic rings. The topological polar surface area (TPSA) is 17.3 Å². The van der Waals surface area contributed by atoms with E-state index in [0.29, 0.717) is 0 Å². The molecule has 0 aliphatic rings. The Hall–Kier alpha value is -1.57. The summed E-state index contributed by atoms with van der Waals surface area (Å²) >= 11 is 0. The van der Waals surface area contributed by atoms with Crippen LogP contribution in [0.15, 0.2) is 35.5 Å². The maximum atomic E-state index is 4.03. The lowest BCUT2D eigenvalue weighted by atomic mass is 10.2. The van der Waals surface area contributed by atoms with Gasteiger partial charge in [0.05, 0.1) is 0 Å². The predicted molar refractivity (Wildman–Crippen MR) is 56.4 cm³/mol. The summed E-state index contributed by atoms with van der Waals surface area (Å²) in [6.07, 6.45) is 3.99. The lowest BCUT2D eigenvalue weighted by Gasteiger charge is -1.92. The minimum atomic E-state index is 1.18. The zero-order valence-electron chi connectivity index (χ0n) is 7.86. The van der Waals surface area contributed by atoms with Gasteiger partial charge in [-0.05, 0) is 6.07 Å². The third kappa shape index (κ3) is 1.24. The minimum absolute atomic E-state index is 1.18. The summed E-state index contributed by atoms with van der Waals surface area (Å²) in [5.41, 5.74) is 2.43. The monoisotopic (exact) mass is 172 g/mol. The highest BCUT2D eigenvalue weighted by molar-refractivity contribution is 5.99. The van der Waals surface area contributed by atoms with Crippen molar-refractivity contribution in [1.29, 1.82) is 0 Å². The van der Waals surface area contributed by atoms with E-state index < -0.39 is 0 Å². The van der Waals surface area contributed by atoms with Gasteiger partial charge in [-0.1, -0.05) is 18.2 Å². The Labute approximate surface area is 77.5 Å². The maximum absolute atomic E-state index is 4.03. The Bertz CT molecular complexity index is 452. The number of aryl methyl sites for hydroxylation is 1. The van der Waals surface area contributed by atoms with Gasteiger partial charge in [0.2, 0.25) is 0 Å². The van der Waals surface area contributed by atoms with E-state index >= 15 is 0 Å². The smallest absolute Gasteiger partial charge is 0.0484 e. The summed E-state index contributed by atoms with van der Waals surface area (Å²) < 4.78 is 2.12. The van der Waals surface area contributed by atoms with E-state index in [0.717, 1.165) is 0 Å². The summed E-state index contributed by atoms with van der Waals surface area (Å²) in [4.78, 5) is 4.03. The average molecular weight is 172 g/mol. The van der Waals surface area contributed by atoms with E-state index in [1.807, 2.05) is 6.21 Å². The number of rotatable bonds is 1. The van der Waals surface area contributed by atoms with Crippen molar-refractivity contribution in [3.05, 3.63) is 36.0 Å². The first-order valence-corrected chi connectivity index (χ1v) is 4.29. The normalized spacial score (nSPS) is 11.5. The Morgan fingerprint density at radius 2 is 2.08 bits per heavy atom. The molecular formula is C11H12N2.